The zero-order valence-corrected chi connectivity index (χ0v) is 13.4. The monoisotopic (exact) mass is 299 g/mol. The van der Waals surface area contributed by atoms with Gasteiger partial charge in [-0.2, -0.15) is 0 Å². The van der Waals surface area contributed by atoms with Crippen molar-refractivity contribution in [3.63, 3.8) is 0 Å². The minimum Gasteiger partial charge on any atom is -0.480 e. The molecule has 0 aliphatic carbocycles. The summed E-state index contributed by atoms with van der Waals surface area (Å²) in [5.41, 5.74) is 2.45. The van der Waals surface area contributed by atoms with Crippen molar-refractivity contribution in [3.8, 4) is 22.8 Å². The molecular formula is C18H21NO3. The van der Waals surface area contributed by atoms with E-state index in [4.69, 9.17) is 9.47 Å². The molecule has 1 aromatic carbocycles. The van der Waals surface area contributed by atoms with Gasteiger partial charge in [0.2, 0.25) is 5.88 Å². The molecule has 0 aliphatic rings. The Morgan fingerprint density at radius 3 is 2.45 bits per heavy atom. The zero-order chi connectivity index (χ0) is 16.1. The van der Waals surface area contributed by atoms with Crippen LogP contribution in [0.5, 0.6) is 11.6 Å². The number of nitrogens with zero attached hydrogens (tertiary/aromatic N) is 1. The van der Waals surface area contributed by atoms with Crippen LogP contribution in [0.2, 0.25) is 0 Å². The van der Waals surface area contributed by atoms with Gasteiger partial charge in [-0.1, -0.05) is 44.2 Å². The molecule has 1 heterocycles. The van der Waals surface area contributed by atoms with Crippen LogP contribution in [0.1, 0.15) is 26.5 Å². The average Bonchev–Trinajstić information content (AvgIpc) is 2.46. The van der Waals surface area contributed by atoms with Gasteiger partial charge in [0.05, 0.1) is 12.7 Å². The summed E-state index contributed by atoms with van der Waals surface area (Å²) in [5, 5.41) is 0. The minimum absolute atomic E-state index is 0.360. The number of hydrogen-bond donors (Lipinski definition) is 0. The Balaban J connectivity index is 2.60. The van der Waals surface area contributed by atoms with Gasteiger partial charge < -0.3 is 9.47 Å². The van der Waals surface area contributed by atoms with Crippen LogP contribution in [-0.2, 0) is 11.2 Å². The number of esters is 1. The van der Waals surface area contributed by atoms with E-state index in [2.05, 4.69) is 18.8 Å². The van der Waals surface area contributed by atoms with Crippen LogP contribution in [0, 0.1) is 5.92 Å². The topological polar surface area (TPSA) is 48.4 Å². The van der Waals surface area contributed by atoms with Gasteiger partial charge in [0.1, 0.15) is 5.75 Å². The average molecular weight is 299 g/mol. The highest BCUT2D eigenvalue weighted by Crippen LogP contribution is 2.38. The molecule has 0 radical (unpaired) electrons. The van der Waals surface area contributed by atoms with Gasteiger partial charge in [0.15, 0.2) is 0 Å². The van der Waals surface area contributed by atoms with Crippen LogP contribution in [-0.4, -0.2) is 18.1 Å². The number of rotatable bonds is 5. The zero-order valence-electron chi connectivity index (χ0n) is 13.4. The molecule has 4 nitrogen and oxygen atoms in total. The summed E-state index contributed by atoms with van der Waals surface area (Å²) in [4.78, 5) is 16.0. The Kier molecular flexibility index (Phi) is 5.15. The number of benzene rings is 1. The molecule has 116 valence electrons. The van der Waals surface area contributed by atoms with E-state index in [1.165, 1.54) is 6.92 Å². The smallest absolute Gasteiger partial charge is 0.308 e. The van der Waals surface area contributed by atoms with E-state index in [0.717, 1.165) is 17.7 Å². The fraction of sp³-hybridized carbons (Fsp3) is 0.333. The van der Waals surface area contributed by atoms with Crippen LogP contribution in [0.4, 0.5) is 0 Å². The van der Waals surface area contributed by atoms with Gasteiger partial charge in [-0.05, 0) is 17.9 Å². The van der Waals surface area contributed by atoms with Gasteiger partial charge in [-0.15, -0.1) is 0 Å². The number of aromatic nitrogens is 1. The summed E-state index contributed by atoms with van der Waals surface area (Å²) in [7, 11) is 1.57. The summed E-state index contributed by atoms with van der Waals surface area (Å²) in [5.74, 6) is 1.05. The quantitative estimate of drug-likeness (QED) is 0.786. The third-order valence-electron chi connectivity index (χ3n) is 3.13. The third-order valence-corrected chi connectivity index (χ3v) is 3.13. The molecule has 0 bridgehead atoms. The molecule has 0 N–H and O–H groups in total. The fourth-order valence-electron chi connectivity index (χ4n) is 2.32. The number of methoxy groups -OCH3 is 1. The first kappa shape index (κ1) is 16.0. The van der Waals surface area contributed by atoms with Crippen LogP contribution in [0.3, 0.4) is 0 Å². The van der Waals surface area contributed by atoms with Crippen molar-refractivity contribution in [1.29, 1.82) is 0 Å². The van der Waals surface area contributed by atoms with Crippen molar-refractivity contribution in [1.82, 2.24) is 4.98 Å². The Labute approximate surface area is 131 Å². The maximum absolute atomic E-state index is 11.4. The van der Waals surface area contributed by atoms with E-state index in [9.17, 15) is 4.79 Å². The van der Waals surface area contributed by atoms with Crippen LogP contribution in [0.25, 0.3) is 11.1 Å². The summed E-state index contributed by atoms with van der Waals surface area (Å²) in [6, 6.07) is 11.5. The Morgan fingerprint density at radius 1 is 1.23 bits per heavy atom. The molecule has 2 aromatic rings. The van der Waals surface area contributed by atoms with E-state index in [-0.39, 0.29) is 5.97 Å². The lowest BCUT2D eigenvalue weighted by Gasteiger charge is -2.15. The van der Waals surface area contributed by atoms with Gasteiger partial charge in [0.25, 0.3) is 0 Å². The molecule has 0 saturated carbocycles. The Morgan fingerprint density at radius 2 is 1.91 bits per heavy atom. The number of pyridine rings is 1. The molecular weight excluding hydrogens is 278 g/mol. The van der Waals surface area contributed by atoms with Crippen LogP contribution >= 0.6 is 0 Å². The number of carbonyl (C=O) groups is 1. The highest BCUT2D eigenvalue weighted by molar-refractivity contribution is 5.79. The maximum atomic E-state index is 11.4. The minimum atomic E-state index is -0.360. The molecule has 0 saturated heterocycles. The normalized spacial score (nSPS) is 10.6. The molecule has 0 spiro atoms. The lowest BCUT2D eigenvalue weighted by Crippen LogP contribution is -2.07. The largest absolute Gasteiger partial charge is 0.480 e. The molecule has 0 atom stereocenters. The summed E-state index contributed by atoms with van der Waals surface area (Å²) in [6.07, 6.45) is 0.791. The van der Waals surface area contributed by atoms with Gasteiger partial charge in [0, 0.05) is 18.7 Å². The number of ether oxygens (including phenoxy) is 2. The Hall–Kier alpha value is -2.36. The van der Waals surface area contributed by atoms with Crippen LogP contribution < -0.4 is 9.47 Å². The third kappa shape index (κ3) is 3.85. The summed E-state index contributed by atoms with van der Waals surface area (Å²) in [6.45, 7) is 5.62. The molecule has 0 amide bonds. The second-order valence-electron chi connectivity index (χ2n) is 5.55. The van der Waals surface area contributed by atoms with E-state index in [1.54, 1.807) is 7.11 Å². The Bertz CT molecular complexity index is 651. The molecule has 1 aromatic heterocycles. The highest BCUT2D eigenvalue weighted by Gasteiger charge is 2.18. The van der Waals surface area contributed by atoms with E-state index in [1.807, 2.05) is 36.4 Å². The number of carbonyl (C=O) groups excluding carboxylic acids is 1. The molecule has 22 heavy (non-hydrogen) atoms. The van der Waals surface area contributed by atoms with Crippen molar-refractivity contribution >= 4 is 5.97 Å². The maximum Gasteiger partial charge on any atom is 0.308 e. The first-order chi connectivity index (χ1) is 10.5. The van der Waals surface area contributed by atoms with E-state index >= 15 is 0 Å². The lowest BCUT2D eigenvalue weighted by molar-refractivity contribution is -0.131. The molecule has 0 fully saturated rings. The standard InChI is InChI=1S/C18H21NO3/c1-12(2)10-15-11-16(22-13(3)20)17(18(19-15)21-4)14-8-6-5-7-9-14/h5-9,11-12H,10H2,1-4H3. The second-order valence-corrected chi connectivity index (χ2v) is 5.55. The highest BCUT2D eigenvalue weighted by atomic mass is 16.5. The predicted octanol–water partition coefficient (Wildman–Crippen LogP) is 3.88. The first-order valence-corrected chi connectivity index (χ1v) is 7.33. The van der Waals surface area contributed by atoms with E-state index in [0.29, 0.717) is 23.1 Å². The van der Waals surface area contributed by atoms with Gasteiger partial charge in [-0.3, -0.25) is 4.79 Å². The molecule has 0 unspecified atom stereocenters. The van der Waals surface area contributed by atoms with E-state index < -0.39 is 0 Å². The van der Waals surface area contributed by atoms with Crippen molar-refractivity contribution < 1.29 is 14.3 Å². The SMILES string of the molecule is COc1nc(CC(C)C)cc(OC(C)=O)c1-c1ccccc1. The fourth-order valence-corrected chi connectivity index (χ4v) is 2.32. The van der Waals surface area contributed by atoms with Crippen molar-refractivity contribution in [3.05, 3.63) is 42.1 Å². The lowest BCUT2D eigenvalue weighted by atomic mass is 10.0. The van der Waals surface area contributed by atoms with Crippen molar-refractivity contribution in [2.24, 2.45) is 5.92 Å². The predicted molar refractivity (Wildman–Crippen MR) is 86.1 cm³/mol. The molecule has 4 heteroatoms. The van der Waals surface area contributed by atoms with Gasteiger partial charge in [-0.25, -0.2) is 4.98 Å². The van der Waals surface area contributed by atoms with Crippen LogP contribution in [0.15, 0.2) is 36.4 Å². The summed E-state index contributed by atoms with van der Waals surface area (Å²) < 4.78 is 10.8. The first-order valence-electron chi connectivity index (χ1n) is 7.33. The molecule has 2 rings (SSSR count). The summed E-state index contributed by atoms with van der Waals surface area (Å²) >= 11 is 0. The van der Waals surface area contributed by atoms with Crippen molar-refractivity contribution in [2.75, 3.05) is 7.11 Å². The second kappa shape index (κ2) is 7.07. The molecule has 0 aliphatic heterocycles. The van der Waals surface area contributed by atoms with Gasteiger partial charge >= 0.3 is 5.97 Å². The number of hydrogen-bond acceptors (Lipinski definition) is 4. The van der Waals surface area contributed by atoms with Crippen molar-refractivity contribution in [2.45, 2.75) is 27.2 Å².